The summed E-state index contributed by atoms with van der Waals surface area (Å²) in [5, 5.41) is 1.02. The molecule has 4 heteroatoms. The second-order valence-electron chi connectivity index (χ2n) is 4.79. The van der Waals surface area contributed by atoms with Crippen molar-refractivity contribution in [3.8, 4) is 0 Å². The van der Waals surface area contributed by atoms with Gasteiger partial charge >= 0.3 is 0 Å². The highest BCUT2D eigenvalue weighted by Gasteiger charge is 2.27. The van der Waals surface area contributed by atoms with Crippen LogP contribution in [-0.2, 0) is 14.2 Å². The van der Waals surface area contributed by atoms with E-state index in [0.29, 0.717) is 31.8 Å². The smallest absolute Gasteiger partial charge is 0.0701 e. The summed E-state index contributed by atoms with van der Waals surface area (Å²) in [4.78, 5) is 0. The molecule has 18 heavy (non-hydrogen) atoms. The second-order valence-corrected chi connectivity index (χ2v) is 5.35. The van der Waals surface area contributed by atoms with Crippen LogP contribution in [-0.4, -0.2) is 45.5 Å². The Hall–Kier alpha value is 0.360. The third-order valence-corrected chi connectivity index (χ3v) is 4.25. The zero-order chi connectivity index (χ0) is 13.7. The molecule has 0 bridgehead atoms. The number of hydrogen-bond donors (Lipinski definition) is 0. The molecule has 0 saturated heterocycles. The Morgan fingerprint density at radius 2 is 1.44 bits per heavy atom. The minimum Gasteiger partial charge on any atom is -0.382 e. The number of rotatable bonds is 13. The summed E-state index contributed by atoms with van der Waals surface area (Å²) >= 11 is 3.65. The Bertz CT molecular complexity index is 170. The lowest BCUT2D eigenvalue weighted by Crippen LogP contribution is -2.29. The summed E-state index contributed by atoms with van der Waals surface area (Å²) in [5.74, 6) is 0. The van der Waals surface area contributed by atoms with E-state index in [1.165, 1.54) is 25.7 Å². The van der Waals surface area contributed by atoms with E-state index < -0.39 is 0 Å². The monoisotopic (exact) mass is 324 g/mol. The molecule has 3 nitrogen and oxygen atoms in total. The van der Waals surface area contributed by atoms with Crippen LogP contribution in [0.3, 0.4) is 0 Å². The van der Waals surface area contributed by atoms with E-state index in [2.05, 4.69) is 29.8 Å². The highest BCUT2D eigenvalue weighted by atomic mass is 79.9. The SMILES string of the molecule is CCCC(CBr)(CCC)COCCOCCOC. The number of methoxy groups -OCH3 is 1. The maximum absolute atomic E-state index is 5.78. The van der Waals surface area contributed by atoms with Crippen molar-refractivity contribution in [3.05, 3.63) is 0 Å². The van der Waals surface area contributed by atoms with Gasteiger partial charge in [0, 0.05) is 17.9 Å². The highest BCUT2D eigenvalue weighted by molar-refractivity contribution is 9.09. The lowest BCUT2D eigenvalue weighted by atomic mass is 9.82. The molecule has 0 N–H and O–H groups in total. The van der Waals surface area contributed by atoms with E-state index in [4.69, 9.17) is 14.2 Å². The maximum Gasteiger partial charge on any atom is 0.0701 e. The molecule has 0 rings (SSSR count). The zero-order valence-corrected chi connectivity index (χ0v) is 13.8. The third-order valence-electron chi connectivity index (χ3n) is 3.06. The van der Waals surface area contributed by atoms with Crippen molar-refractivity contribution in [1.82, 2.24) is 0 Å². The molecule has 0 amide bonds. The summed E-state index contributed by atoms with van der Waals surface area (Å²) in [7, 11) is 1.68. The van der Waals surface area contributed by atoms with E-state index >= 15 is 0 Å². The number of hydrogen-bond acceptors (Lipinski definition) is 3. The fourth-order valence-corrected chi connectivity index (χ4v) is 2.88. The van der Waals surface area contributed by atoms with Gasteiger partial charge in [0.15, 0.2) is 0 Å². The van der Waals surface area contributed by atoms with Gasteiger partial charge in [-0.2, -0.15) is 0 Å². The molecule has 0 aromatic heterocycles. The molecule has 0 radical (unpaired) electrons. The van der Waals surface area contributed by atoms with Gasteiger partial charge in [0.05, 0.1) is 33.0 Å². The van der Waals surface area contributed by atoms with Gasteiger partial charge < -0.3 is 14.2 Å². The molecule has 110 valence electrons. The Morgan fingerprint density at radius 1 is 0.889 bits per heavy atom. The summed E-state index contributed by atoms with van der Waals surface area (Å²) in [6, 6.07) is 0. The van der Waals surface area contributed by atoms with Crippen molar-refractivity contribution in [3.63, 3.8) is 0 Å². The molecule has 0 aliphatic heterocycles. The number of ether oxygens (including phenoxy) is 3. The van der Waals surface area contributed by atoms with Crippen LogP contribution in [0.25, 0.3) is 0 Å². The van der Waals surface area contributed by atoms with Gasteiger partial charge in [-0.3, -0.25) is 0 Å². The van der Waals surface area contributed by atoms with Crippen molar-refractivity contribution in [2.45, 2.75) is 39.5 Å². The van der Waals surface area contributed by atoms with Crippen molar-refractivity contribution < 1.29 is 14.2 Å². The van der Waals surface area contributed by atoms with Gasteiger partial charge in [-0.1, -0.05) is 42.6 Å². The van der Waals surface area contributed by atoms with Gasteiger partial charge in [0.2, 0.25) is 0 Å². The largest absolute Gasteiger partial charge is 0.382 e. The summed E-state index contributed by atoms with van der Waals surface area (Å²) in [6.45, 7) is 7.92. The van der Waals surface area contributed by atoms with Gasteiger partial charge in [-0.25, -0.2) is 0 Å². The molecular weight excluding hydrogens is 296 g/mol. The molecule has 0 atom stereocenters. The zero-order valence-electron chi connectivity index (χ0n) is 12.2. The molecular formula is C14H29BrO3. The van der Waals surface area contributed by atoms with Crippen LogP contribution < -0.4 is 0 Å². The Labute approximate surface area is 121 Å². The van der Waals surface area contributed by atoms with Crippen molar-refractivity contribution in [2.24, 2.45) is 5.41 Å². The summed E-state index contributed by atoms with van der Waals surface area (Å²) in [5.41, 5.74) is 0.302. The van der Waals surface area contributed by atoms with Crippen LogP contribution in [0.4, 0.5) is 0 Å². The number of halogens is 1. The third kappa shape index (κ3) is 8.46. The van der Waals surface area contributed by atoms with Gasteiger partial charge in [0.1, 0.15) is 0 Å². The average molecular weight is 325 g/mol. The lowest BCUT2D eigenvalue weighted by Gasteiger charge is -2.31. The van der Waals surface area contributed by atoms with Crippen LogP contribution in [0.5, 0.6) is 0 Å². The van der Waals surface area contributed by atoms with E-state index in [0.717, 1.165) is 11.9 Å². The first kappa shape index (κ1) is 18.4. The second kappa shape index (κ2) is 12.4. The predicted molar refractivity (Wildman–Crippen MR) is 79.6 cm³/mol. The molecule has 0 saturated carbocycles. The quantitative estimate of drug-likeness (QED) is 0.382. The molecule has 0 aromatic carbocycles. The number of alkyl halides is 1. The van der Waals surface area contributed by atoms with E-state index in [1.54, 1.807) is 7.11 Å². The fourth-order valence-electron chi connectivity index (χ4n) is 2.15. The van der Waals surface area contributed by atoms with Crippen LogP contribution in [0.1, 0.15) is 39.5 Å². The molecule has 0 unspecified atom stereocenters. The first-order valence-corrected chi connectivity index (χ1v) is 8.07. The van der Waals surface area contributed by atoms with Gasteiger partial charge in [0.25, 0.3) is 0 Å². The molecule has 0 heterocycles. The van der Waals surface area contributed by atoms with Crippen molar-refractivity contribution >= 4 is 15.9 Å². The average Bonchev–Trinajstić information content (AvgIpc) is 2.38. The minimum absolute atomic E-state index is 0.302. The van der Waals surface area contributed by atoms with Crippen LogP contribution >= 0.6 is 15.9 Å². The predicted octanol–water partition coefficient (Wildman–Crippen LogP) is 3.65. The first-order chi connectivity index (χ1) is 8.74. The van der Waals surface area contributed by atoms with Crippen molar-refractivity contribution in [2.75, 3.05) is 45.5 Å². The van der Waals surface area contributed by atoms with Gasteiger partial charge in [-0.05, 0) is 12.8 Å². The summed E-state index contributed by atoms with van der Waals surface area (Å²) < 4.78 is 16.1. The molecule has 0 spiro atoms. The van der Waals surface area contributed by atoms with Crippen LogP contribution in [0, 0.1) is 5.41 Å². The molecule has 0 aliphatic carbocycles. The minimum atomic E-state index is 0.302. The normalized spacial score (nSPS) is 12.0. The Balaban J connectivity index is 3.75. The molecule has 0 fully saturated rings. The fraction of sp³-hybridized carbons (Fsp3) is 1.00. The molecule has 0 aliphatic rings. The Morgan fingerprint density at radius 3 is 1.94 bits per heavy atom. The van der Waals surface area contributed by atoms with E-state index in [1.807, 2.05) is 0 Å². The van der Waals surface area contributed by atoms with Crippen LogP contribution in [0.15, 0.2) is 0 Å². The topological polar surface area (TPSA) is 27.7 Å². The van der Waals surface area contributed by atoms with Gasteiger partial charge in [-0.15, -0.1) is 0 Å². The maximum atomic E-state index is 5.78. The first-order valence-electron chi connectivity index (χ1n) is 6.95. The van der Waals surface area contributed by atoms with E-state index in [9.17, 15) is 0 Å². The standard InChI is InChI=1S/C14H29BrO3/c1-4-6-14(12-15,7-5-2)13-18-11-10-17-9-8-16-3/h4-13H2,1-3H3. The lowest BCUT2D eigenvalue weighted by molar-refractivity contribution is -0.00435. The van der Waals surface area contributed by atoms with Crippen LogP contribution in [0.2, 0.25) is 0 Å². The Kier molecular flexibility index (Phi) is 12.6. The van der Waals surface area contributed by atoms with Crippen molar-refractivity contribution in [1.29, 1.82) is 0 Å². The summed E-state index contributed by atoms with van der Waals surface area (Å²) in [6.07, 6.45) is 4.85. The molecule has 0 aromatic rings. The highest BCUT2D eigenvalue weighted by Crippen LogP contribution is 2.32. The van der Waals surface area contributed by atoms with E-state index in [-0.39, 0.29) is 0 Å².